The van der Waals surface area contributed by atoms with Gasteiger partial charge in [0.25, 0.3) is 0 Å². The van der Waals surface area contributed by atoms with Gasteiger partial charge in [0.2, 0.25) is 0 Å². The smallest absolute Gasteiger partial charge is 0.146 e. The number of nitrogens with one attached hydrogen (secondary N) is 1. The summed E-state index contributed by atoms with van der Waals surface area (Å²) in [4.78, 5) is 0. The Labute approximate surface area is 92.0 Å². The van der Waals surface area contributed by atoms with Crippen molar-refractivity contribution in [3.05, 3.63) is 29.3 Å². The van der Waals surface area contributed by atoms with Gasteiger partial charge in [0, 0.05) is 6.07 Å². The quantitative estimate of drug-likeness (QED) is 0.806. The van der Waals surface area contributed by atoms with Crippen LogP contribution in [0.3, 0.4) is 0 Å². The minimum atomic E-state index is -0.691. The maximum Gasteiger partial charge on any atom is 0.146 e. The molecule has 5 heteroatoms. The van der Waals surface area contributed by atoms with Crippen molar-refractivity contribution in [1.82, 2.24) is 0 Å². The van der Waals surface area contributed by atoms with Crippen LogP contribution in [0.25, 0.3) is 0 Å². The molecule has 1 aromatic rings. The summed E-state index contributed by atoms with van der Waals surface area (Å²) in [7, 11) is 0. The van der Waals surface area contributed by atoms with Gasteiger partial charge in [-0.15, -0.1) is 0 Å². The van der Waals surface area contributed by atoms with Gasteiger partial charge in [-0.25, -0.2) is 8.78 Å². The van der Waals surface area contributed by atoms with Crippen LogP contribution in [-0.2, 0) is 4.74 Å². The minimum Gasteiger partial charge on any atom is -0.388 e. The van der Waals surface area contributed by atoms with Crippen LogP contribution in [0.5, 0.6) is 0 Å². The van der Waals surface area contributed by atoms with Crippen molar-refractivity contribution >= 4 is 5.69 Å². The third kappa shape index (κ3) is 2.15. The molecule has 3 nitrogen and oxygen atoms in total. The summed E-state index contributed by atoms with van der Waals surface area (Å²) in [5.74, 6) is -1.00. The Morgan fingerprint density at radius 1 is 1.31 bits per heavy atom. The van der Waals surface area contributed by atoms with E-state index in [1.54, 1.807) is 0 Å². The van der Waals surface area contributed by atoms with Crippen LogP contribution < -0.4 is 5.32 Å². The maximum absolute atomic E-state index is 13.5. The van der Waals surface area contributed by atoms with E-state index in [0.29, 0.717) is 0 Å². The van der Waals surface area contributed by atoms with E-state index in [4.69, 9.17) is 4.74 Å². The molecule has 0 radical (unpaired) electrons. The van der Waals surface area contributed by atoms with Crippen LogP contribution >= 0.6 is 0 Å². The number of hydrogen-bond acceptors (Lipinski definition) is 3. The molecule has 1 fully saturated rings. The molecule has 1 aliphatic rings. The van der Waals surface area contributed by atoms with Crippen LogP contribution in [0, 0.1) is 18.6 Å². The molecule has 1 aliphatic heterocycles. The summed E-state index contributed by atoms with van der Waals surface area (Å²) in [6.45, 7) is 2.00. The summed E-state index contributed by atoms with van der Waals surface area (Å²) in [6.07, 6.45) is -0.691. The van der Waals surface area contributed by atoms with Crippen LogP contribution in [0.4, 0.5) is 14.5 Å². The summed E-state index contributed by atoms with van der Waals surface area (Å²) < 4.78 is 31.7. The van der Waals surface area contributed by atoms with Crippen molar-refractivity contribution in [1.29, 1.82) is 0 Å². The van der Waals surface area contributed by atoms with Gasteiger partial charge >= 0.3 is 0 Å². The highest BCUT2D eigenvalue weighted by molar-refractivity contribution is 5.48. The number of aliphatic hydroxyl groups excluding tert-OH is 1. The van der Waals surface area contributed by atoms with Crippen LogP contribution in [-0.4, -0.2) is 30.5 Å². The monoisotopic (exact) mass is 229 g/mol. The number of rotatable bonds is 2. The second-order valence-electron chi connectivity index (χ2n) is 3.94. The van der Waals surface area contributed by atoms with Crippen molar-refractivity contribution in [3.63, 3.8) is 0 Å². The van der Waals surface area contributed by atoms with Crippen LogP contribution in [0.15, 0.2) is 12.1 Å². The molecule has 0 aromatic heterocycles. The zero-order valence-corrected chi connectivity index (χ0v) is 8.84. The van der Waals surface area contributed by atoms with Gasteiger partial charge in [0.15, 0.2) is 0 Å². The van der Waals surface area contributed by atoms with E-state index in [1.807, 2.05) is 0 Å². The average molecular weight is 229 g/mol. The molecule has 16 heavy (non-hydrogen) atoms. The van der Waals surface area contributed by atoms with E-state index in [2.05, 4.69) is 5.32 Å². The highest BCUT2D eigenvalue weighted by atomic mass is 19.1. The summed E-state index contributed by atoms with van der Waals surface area (Å²) in [5, 5.41) is 12.2. The second kappa shape index (κ2) is 4.35. The van der Waals surface area contributed by atoms with Gasteiger partial charge in [-0.2, -0.15) is 0 Å². The Morgan fingerprint density at radius 2 is 2.06 bits per heavy atom. The summed E-state index contributed by atoms with van der Waals surface area (Å²) in [6, 6.07) is 1.83. The molecule has 1 aromatic carbocycles. The lowest BCUT2D eigenvalue weighted by molar-refractivity contribution is 0.125. The number of aryl methyl sites for hydroxylation is 1. The number of anilines is 1. The van der Waals surface area contributed by atoms with E-state index >= 15 is 0 Å². The number of ether oxygens (including phenoxy) is 1. The Morgan fingerprint density at radius 3 is 2.69 bits per heavy atom. The highest BCUT2D eigenvalue weighted by Crippen LogP contribution is 2.21. The standard InChI is InChI=1S/C11H13F2NO2/c1-6-2-8(13)9(3-7(6)12)14-10-4-16-5-11(10)15/h2-3,10-11,14-15H,4-5H2,1H3. The van der Waals surface area contributed by atoms with Gasteiger partial charge in [0.05, 0.1) is 31.0 Å². The topological polar surface area (TPSA) is 41.5 Å². The molecular weight excluding hydrogens is 216 g/mol. The Kier molecular flexibility index (Phi) is 3.07. The number of halogens is 2. The zero-order valence-electron chi connectivity index (χ0n) is 8.84. The Balaban J connectivity index is 2.18. The first-order valence-corrected chi connectivity index (χ1v) is 5.06. The molecule has 2 rings (SSSR count). The second-order valence-corrected chi connectivity index (χ2v) is 3.94. The molecule has 1 saturated heterocycles. The molecule has 0 aliphatic carbocycles. The fourth-order valence-corrected chi connectivity index (χ4v) is 1.64. The largest absolute Gasteiger partial charge is 0.388 e. The predicted molar refractivity (Wildman–Crippen MR) is 55.3 cm³/mol. The molecule has 0 amide bonds. The Hall–Kier alpha value is -1.20. The van der Waals surface area contributed by atoms with Crippen LogP contribution in [0.1, 0.15) is 5.56 Å². The van der Waals surface area contributed by atoms with Crippen molar-refractivity contribution in [2.45, 2.75) is 19.1 Å². The van der Waals surface area contributed by atoms with Crippen LogP contribution in [0.2, 0.25) is 0 Å². The lowest BCUT2D eigenvalue weighted by Crippen LogP contribution is -2.32. The first-order valence-electron chi connectivity index (χ1n) is 5.06. The van der Waals surface area contributed by atoms with Gasteiger partial charge in [-0.1, -0.05) is 0 Å². The Bertz CT molecular complexity index is 398. The number of hydrogen-bond donors (Lipinski definition) is 2. The first-order chi connectivity index (χ1) is 7.58. The molecule has 0 bridgehead atoms. The van der Waals surface area contributed by atoms with Gasteiger partial charge in [0.1, 0.15) is 11.6 Å². The molecule has 2 unspecified atom stereocenters. The maximum atomic E-state index is 13.5. The van der Waals surface area contributed by atoms with Crippen molar-refractivity contribution in [2.24, 2.45) is 0 Å². The SMILES string of the molecule is Cc1cc(F)c(NC2COCC2O)cc1F. The zero-order chi connectivity index (χ0) is 11.7. The molecule has 2 N–H and O–H groups in total. The molecule has 0 spiro atoms. The third-order valence-corrected chi connectivity index (χ3v) is 2.64. The van der Waals surface area contributed by atoms with Gasteiger partial charge < -0.3 is 15.2 Å². The fraction of sp³-hybridized carbons (Fsp3) is 0.455. The lowest BCUT2D eigenvalue weighted by Gasteiger charge is -2.16. The van der Waals surface area contributed by atoms with E-state index in [9.17, 15) is 13.9 Å². The average Bonchev–Trinajstić information content (AvgIpc) is 2.61. The van der Waals surface area contributed by atoms with E-state index in [-0.39, 0.29) is 24.5 Å². The predicted octanol–water partition coefficient (Wildman–Crippen LogP) is 1.44. The minimum absolute atomic E-state index is 0.0534. The number of aliphatic hydroxyl groups is 1. The summed E-state index contributed by atoms with van der Waals surface area (Å²) >= 11 is 0. The van der Waals surface area contributed by atoms with Crippen molar-refractivity contribution in [2.75, 3.05) is 18.5 Å². The van der Waals surface area contributed by atoms with E-state index in [1.165, 1.54) is 6.92 Å². The molecule has 88 valence electrons. The first kappa shape index (κ1) is 11.3. The van der Waals surface area contributed by atoms with Gasteiger partial charge in [-0.05, 0) is 18.6 Å². The van der Waals surface area contributed by atoms with E-state index in [0.717, 1.165) is 12.1 Å². The van der Waals surface area contributed by atoms with Crippen molar-refractivity contribution < 1.29 is 18.6 Å². The molecular formula is C11H13F2NO2. The molecule has 2 atom stereocenters. The summed E-state index contributed by atoms with van der Waals surface area (Å²) in [5.41, 5.74) is 0.309. The van der Waals surface area contributed by atoms with E-state index < -0.39 is 23.8 Å². The van der Waals surface area contributed by atoms with Crippen molar-refractivity contribution in [3.8, 4) is 0 Å². The highest BCUT2D eigenvalue weighted by Gasteiger charge is 2.26. The van der Waals surface area contributed by atoms with Gasteiger partial charge in [-0.3, -0.25) is 0 Å². The molecule has 1 heterocycles. The number of benzene rings is 1. The fourth-order valence-electron chi connectivity index (χ4n) is 1.64. The lowest BCUT2D eigenvalue weighted by atomic mass is 10.1. The normalized spacial score (nSPS) is 24.8. The molecule has 0 saturated carbocycles. The third-order valence-electron chi connectivity index (χ3n) is 2.64.